The Morgan fingerprint density at radius 2 is 0.603 bits per heavy atom. The van der Waals surface area contributed by atoms with E-state index in [1.165, 1.54) is 283 Å². The second kappa shape index (κ2) is 55.5. The molecule has 0 amide bonds. The second-order valence-electron chi connectivity index (χ2n) is 24.0. The molecule has 8 atom stereocenters. The predicted molar refractivity (Wildman–Crippen MR) is 323 cm³/mol. The number of aliphatic hydroxyl groups excluding tert-OH is 5. The molecule has 0 aromatic carbocycles. The minimum Gasteiger partial charge on any atom is -0.457 e. The Bertz CT molecular complexity index is 1290. The summed E-state index contributed by atoms with van der Waals surface area (Å²) in [4.78, 5) is 23.4. The highest BCUT2D eigenvalue weighted by Gasteiger charge is 2.51. The van der Waals surface area contributed by atoms with Crippen LogP contribution in [0.4, 0.5) is 0 Å². The third-order valence-corrected chi connectivity index (χ3v) is 17.5. The fourth-order valence-electron chi connectivity index (χ4n) is 11.2. The fraction of sp³-hybridized carbons (Fsp3) is 0.985. The van der Waals surface area contributed by atoms with Crippen LogP contribution in [0.2, 0.25) is 0 Å². The van der Waals surface area contributed by atoms with Gasteiger partial charge in [-0.15, -0.1) is 0 Å². The van der Waals surface area contributed by atoms with Crippen LogP contribution in [0.15, 0.2) is 0 Å². The first-order valence-corrected chi connectivity index (χ1v) is 35.4. The molecule has 13 heteroatoms. The number of phosphoric ester groups is 1. The van der Waals surface area contributed by atoms with Crippen molar-refractivity contribution in [3.05, 3.63) is 0 Å². The zero-order valence-electron chi connectivity index (χ0n) is 51.0. The van der Waals surface area contributed by atoms with E-state index < -0.39 is 63.1 Å². The first kappa shape index (κ1) is 75.4. The van der Waals surface area contributed by atoms with Gasteiger partial charge in [-0.05, 0) is 12.8 Å². The molecule has 0 spiro atoms. The summed E-state index contributed by atoms with van der Waals surface area (Å²) in [6, 6.07) is 0. The lowest BCUT2D eigenvalue weighted by molar-refractivity contribution is -0.220. The first-order valence-electron chi connectivity index (χ1n) is 33.9. The Balaban J connectivity index is 2.16. The number of aliphatic hydroxyl groups is 5. The molecule has 1 saturated carbocycles. The van der Waals surface area contributed by atoms with Crippen LogP contribution in [-0.2, 0) is 27.9 Å². The number of unbranched alkanes of at least 4 members (excludes halogenated alkanes) is 49. The molecule has 1 aliphatic carbocycles. The number of ether oxygens (including phenoxy) is 2. The Morgan fingerprint density at radius 1 is 0.359 bits per heavy atom. The van der Waals surface area contributed by atoms with E-state index in [9.17, 15) is 39.8 Å². The van der Waals surface area contributed by atoms with Crippen molar-refractivity contribution < 1.29 is 58.3 Å². The number of carbonyl (C=O) groups is 1. The van der Waals surface area contributed by atoms with Crippen molar-refractivity contribution >= 4 is 13.8 Å². The Kier molecular flexibility index (Phi) is 53.6. The normalized spacial score (nSPS) is 19.8. The van der Waals surface area contributed by atoms with Crippen LogP contribution in [0.25, 0.3) is 0 Å². The van der Waals surface area contributed by atoms with Crippen LogP contribution in [-0.4, -0.2) is 98.9 Å². The Hall–Kier alpha value is -0.660. The van der Waals surface area contributed by atoms with E-state index in [0.717, 1.165) is 38.5 Å². The number of phosphoric acid groups is 1. The van der Waals surface area contributed by atoms with E-state index in [-0.39, 0.29) is 13.0 Å². The molecular formula is C65H129O12P. The molecule has 0 saturated heterocycles. The van der Waals surface area contributed by atoms with Crippen LogP contribution in [0.1, 0.15) is 348 Å². The van der Waals surface area contributed by atoms with Crippen molar-refractivity contribution in [2.75, 3.05) is 19.8 Å². The summed E-state index contributed by atoms with van der Waals surface area (Å²) in [6.45, 7) is 4.36. The lowest BCUT2D eigenvalue weighted by Crippen LogP contribution is -2.64. The smallest absolute Gasteiger partial charge is 0.457 e. The topological polar surface area (TPSA) is 192 Å². The molecule has 0 radical (unpaired) electrons. The van der Waals surface area contributed by atoms with Crippen LogP contribution < -0.4 is 0 Å². The van der Waals surface area contributed by atoms with Gasteiger partial charge in [0, 0.05) is 13.0 Å². The van der Waals surface area contributed by atoms with Crippen LogP contribution in [0.3, 0.4) is 0 Å². The van der Waals surface area contributed by atoms with Crippen molar-refractivity contribution in [3.8, 4) is 0 Å². The van der Waals surface area contributed by atoms with Gasteiger partial charge >= 0.3 is 13.8 Å². The standard InChI is InChI=1S/C65H129O12P/c1-3-5-7-9-11-13-15-17-19-21-23-25-26-27-28-29-30-31-32-33-34-35-36-38-40-42-44-46-48-50-52-54-59(66)76-58(57-75-78(72,73)77-65-63(70)61(68)60(67)62(69)64(65)71)56-74-55-53-51-49-47-45-43-41-39-37-24-22-20-18-16-14-12-10-8-6-4-2/h58,60-65,67-71H,3-57H2,1-2H3,(H,72,73)/t58-,60?,61-,62?,63?,64?,65?/m1/s1. The molecule has 0 heterocycles. The molecule has 466 valence electrons. The Labute approximate surface area is 480 Å². The van der Waals surface area contributed by atoms with Gasteiger partial charge in [-0.2, -0.15) is 0 Å². The minimum absolute atomic E-state index is 0.0667. The maximum atomic E-state index is 12.9. The summed E-state index contributed by atoms with van der Waals surface area (Å²) in [5.41, 5.74) is 0. The predicted octanol–water partition coefficient (Wildman–Crippen LogP) is 17.6. The zero-order chi connectivity index (χ0) is 56.8. The summed E-state index contributed by atoms with van der Waals surface area (Å²) >= 11 is 0. The van der Waals surface area contributed by atoms with Gasteiger partial charge in [-0.1, -0.05) is 328 Å². The highest BCUT2D eigenvalue weighted by molar-refractivity contribution is 7.47. The monoisotopic (exact) mass is 1130 g/mol. The summed E-state index contributed by atoms with van der Waals surface area (Å²) in [5, 5.41) is 50.6. The van der Waals surface area contributed by atoms with Crippen LogP contribution in [0, 0.1) is 0 Å². The molecule has 0 bridgehead atoms. The average Bonchev–Trinajstić information content (AvgIpc) is 3.46. The van der Waals surface area contributed by atoms with E-state index in [1.54, 1.807) is 0 Å². The van der Waals surface area contributed by atoms with E-state index in [1.807, 2.05) is 0 Å². The molecule has 6 N–H and O–H groups in total. The van der Waals surface area contributed by atoms with E-state index in [4.69, 9.17) is 18.5 Å². The number of hydrogen-bond donors (Lipinski definition) is 6. The average molecular weight is 1130 g/mol. The van der Waals surface area contributed by atoms with Crippen molar-refractivity contribution in [1.82, 2.24) is 0 Å². The fourth-order valence-corrected chi connectivity index (χ4v) is 12.2. The highest BCUT2D eigenvalue weighted by atomic mass is 31.2. The van der Waals surface area contributed by atoms with Crippen LogP contribution >= 0.6 is 7.82 Å². The van der Waals surface area contributed by atoms with Crippen molar-refractivity contribution in [3.63, 3.8) is 0 Å². The summed E-state index contributed by atoms with van der Waals surface area (Å²) in [6.07, 6.45) is 54.9. The molecule has 0 aromatic heterocycles. The maximum Gasteiger partial charge on any atom is 0.472 e. The maximum absolute atomic E-state index is 12.9. The van der Waals surface area contributed by atoms with Crippen LogP contribution in [0.5, 0.6) is 0 Å². The number of hydrogen-bond acceptors (Lipinski definition) is 11. The van der Waals surface area contributed by atoms with Gasteiger partial charge in [-0.25, -0.2) is 4.57 Å². The van der Waals surface area contributed by atoms with Gasteiger partial charge in [0.2, 0.25) is 0 Å². The first-order chi connectivity index (χ1) is 38.0. The van der Waals surface area contributed by atoms with Crippen molar-refractivity contribution in [2.24, 2.45) is 0 Å². The van der Waals surface area contributed by atoms with Gasteiger partial charge in [0.25, 0.3) is 0 Å². The second-order valence-corrected chi connectivity index (χ2v) is 25.5. The number of esters is 1. The molecular weight excluding hydrogens is 1000 g/mol. The molecule has 0 aromatic rings. The molecule has 6 unspecified atom stereocenters. The summed E-state index contributed by atoms with van der Waals surface area (Å²) in [5.74, 6) is -0.464. The van der Waals surface area contributed by atoms with Gasteiger partial charge < -0.3 is 39.9 Å². The van der Waals surface area contributed by atoms with Gasteiger partial charge in [0.05, 0.1) is 13.2 Å². The molecule has 1 rings (SSSR count). The number of rotatable bonds is 61. The SMILES string of the molecule is CCCCCCCCCCCCCCCCCCCCCCCCCCCCCCCCCC(=O)O[C@H](COCCCCCCCCCCCCCCCCCCCCCC)COP(=O)(O)OC1C(O)C(O)C(O)[C@@H](O)C1O. The lowest BCUT2D eigenvalue weighted by Gasteiger charge is -2.41. The van der Waals surface area contributed by atoms with Crippen molar-refractivity contribution in [1.29, 1.82) is 0 Å². The van der Waals surface area contributed by atoms with Gasteiger partial charge in [0.15, 0.2) is 0 Å². The highest BCUT2D eigenvalue weighted by Crippen LogP contribution is 2.47. The number of carbonyl (C=O) groups excluding carboxylic acids is 1. The van der Waals surface area contributed by atoms with E-state index in [0.29, 0.717) is 13.0 Å². The quantitative estimate of drug-likeness (QED) is 0.0192. The molecule has 78 heavy (non-hydrogen) atoms. The third-order valence-electron chi connectivity index (χ3n) is 16.5. The van der Waals surface area contributed by atoms with E-state index >= 15 is 0 Å². The van der Waals surface area contributed by atoms with E-state index in [2.05, 4.69) is 13.8 Å². The van der Waals surface area contributed by atoms with Gasteiger partial charge in [0.1, 0.15) is 42.7 Å². The zero-order valence-corrected chi connectivity index (χ0v) is 51.9. The molecule has 12 nitrogen and oxygen atoms in total. The molecule has 0 aliphatic heterocycles. The largest absolute Gasteiger partial charge is 0.472 e. The summed E-state index contributed by atoms with van der Waals surface area (Å²) < 4.78 is 34.5. The lowest BCUT2D eigenvalue weighted by atomic mass is 9.85. The molecule has 1 fully saturated rings. The molecule has 1 aliphatic rings. The third kappa shape index (κ3) is 45.8. The van der Waals surface area contributed by atoms with Crippen molar-refractivity contribution in [2.45, 2.75) is 390 Å². The van der Waals surface area contributed by atoms with Gasteiger partial charge in [-0.3, -0.25) is 13.8 Å². The minimum atomic E-state index is -5.02. The summed E-state index contributed by atoms with van der Waals surface area (Å²) in [7, 11) is -5.02. The Morgan fingerprint density at radius 3 is 0.885 bits per heavy atom.